The fourth-order valence-corrected chi connectivity index (χ4v) is 4.13. The van der Waals surface area contributed by atoms with E-state index in [4.69, 9.17) is 9.84 Å². The molecule has 33 heavy (non-hydrogen) atoms. The second-order valence-electron chi connectivity index (χ2n) is 7.89. The molecule has 3 aromatic carbocycles. The number of ether oxygens (including phenoxy) is 1. The van der Waals surface area contributed by atoms with Crippen molar-refractivity contribution in [1.82, 2.24) is 5.32 Å². The van der Waals surface area contributed by atoms with Gasteiger partial charge in [-0.3, -0.25) is 4.79 Å². The summed E-state index contributed by atoms with van der Waals surface area (Å²) < 4.78 is 5.45. The number of amides is 2. The van der Waals surface area contributed by atoms with E-state index in [-0.39, 0.29) is 37.0 Å². The third-order valence-corrected chi connectivity index (χ3v) is 5.71. The first kappa shape index (κ1) is 22.1. The summed E-state index contributed by atoms with van der Waals surface area (Å²) in [6, 6.07) is 20.8. The lowest BCUT2D eigenvalue weighted by Crippen LogP contribution is -2.29. The van der Waals surface area contributed by atoms with Crippen molar-refractivity contribution in [2.45, 2.75) is 19.3 Å². The van der Waals surface area contributed by atoms with E-state index in [9.17, 15) is 14.4 Å². The molecule has 1 aliphatic carbocycles. The zero-order valence-corrected chi connectivity index (χ0v) is 18.1. The maximum Gasteiger partial charge on any atom is 0.407 e. The SMILES string of the molecule is Cc1cc(NC(=O)CCNC(=O)OCC2c3ccccc3-c3ccccc32)ccc1C(=O)O. The smallest absolute Gasteiger partial charge is 0.407 e. The van der Waals surface area contributed by atoms with E-state index in [1.807, 2.05) is 24.3 Å². The summed E-state index contributed by atoms with van der Waals surface area (Å²) in [5.41, 5.74) is 5.83. The van der Waals surface area contributed by atoms with Crippen molar-refractivity contribution in [3.8, 4) is 11.1 Å². The summed E-state index contributed by atoms with van der Waals surface area (Å²) >= 11 is 0. The van der Waals surface area contributed by atoms with Crippen molar-refractivity contribution in [3.63, 3.8) is 0 Å². The number of fused-ring (bicyclic) bond motifs is 3. The van der Waals surface area contributed by atoms with E-state index in [1.165, 1.54) is 12.1 Å². The number of nitrogens with one attached hydrogen (secondary N) is 2. The molecule has 7 heteroatoms. The standard InChI is InChI=1S/C26H24N2O5/c1-16-14-17(10-11-18(16)25(30)31)28-24(29)12-13-27-26(32)33-15-23-21-8-4-2-6-19(21)20-7-3-5-9-22(20)23/h2-11,14,23H,12-13,15H2,1H3,(H,27,32)(H,28,29)(H,30,31). The van der Waals surface area contributed by atoms with Crippen molar-refractivity contribution >= 4 is 23.7 Å². The molecule has 0 unspecified atom stereocenters. The fraction of sp³-hybridized carbons (Fsp3) is 0.192. The van der Waals surface area contributed by atoms with E-state index >= 15 is 0 Å². The summed E-state index contributed by atoms with van der Waals surface area (Å²) in [5.74, 6) is -1.34. The molecular formula is C26H24N2O5. The number of aryl methyl sites for hydroxylation is 1. The van der Waals surface area contributed by atoms with Gasteiger partial charge in [-0.2, -0.15) is 0 Å². The third kappa shape index (κ3) is 4.87. The molecular weight excluding hydrogens is 420 g/mol. The van der Waals surface area contributed by atoms with Crippen LogP contribution in [0.2, 0.25) is 0 Å². The highest BCUT2D eigenvalue weighted by Crippen LogP contribution is 2.44. The Morgan fingerprint density at radius 2 is 1.58 bits per heavy atom. The second kappa shape index (κ2) is 9.56. The Bertz CT molecular complexity index is 1180. The molecule has 0 fully saturated rings. The Hall–Kier alpha value is -4.13. The number of anilines is 1. The molecule has 0 spiro atoms. The first-order valence-electron chi connectivity index (χ1n) is 10.7. The van der Waals surface area contributed by atoms with Gasteiger partial charge < -0.3 is 20.5 Å². The molecule has 2 amide bonds. The third-order valence-electron chi connectivity index (χ3n) is 5.71. The Labute approximate surface area is 191 Å². The number of carboxylic acids is 1. The first-order chi connectivity index (χ1) is 15.9. The molecule has 0 saturated carbocycles. The first-order valence-corrected chi connectivity index (χ1v) is 10.7. The maximum absolute atomic E-state index is 12.2. The van der Waals surface area contributed by atoms with Crippen molar-refractivity contribution in [2.24, 2.45) is 0 Å². The number of carbonyl (C=O) groups is 3. The summed E-state index contributed by atoms with van der Waals surface area (Å²) in [6.45, 7) is 1.99. The van der Waals surface area contributed by atoms with Crippen LogP contribution in [0.1, 0.15) is 39.4 Å². The van der Waals surface area contributed by atoms with Crippen LogP contribution in [0.25, 0.3) is 11.1 Å². The molecule has 0 radical (unpaired) electrons. The van der Waals surface area contributed by atoms with Gasteiger partial charge in [-0.05, 0) is 52.9 Å². The van der Waals surface area contributed by atoms with Crippen LogP contribution in [0.5, 0.6) is 0 Å². The van der Waals surface area contributed by atoms with Crippen LogP contribution in [0.15, 0.2) is 66.7 Å². The number of rotatable bonds is 7. The zero-order valence-electron chi connectivity index (χ0n) is 18.1. The summed E-state index contributed by atoms with van der Waals surface area (Å²) in [5, 5.41) is 14.4. The minimum Gasteiger partial charge on any atom is -0.478 e. The van der Waals surface area contributed by atoms with Crippen LogP contribution in [-0.2, 0) is 9.53 Å². The van der Waals surface area contributed by atoms with Gasteiger partial charge in [-0.15, -0.1) is 0 Å². The molecule has 0 atom stereocenters. The Balaban J connectivity index is 1.25. The minimum absolute atomic E-state index is 0.0246. The van der Waals surface area contributed by atoms with E-state index < -0.39 is 12.1 Å². The van der Waals surface area contributed by atoms with E-state index in [0.29, 0.717) is 11.3 Å². The monoisotopic (exact) mass is 444 g/mol. The molecule has 0 aliphatic heterocycles. The van der Waals surface area contributed by atoms with Crippen LogP contribution in [-0.4, -0.2) is 36.2 Å². The van der Waals surface area contributed by atoms with E-state index in [0.717, 1.165) is 22.3 Å². The molecule has 0 bridgehead atoms. The minimum atomic E-state index is -1.02. The molecule has 3 aromatic rings. The number of hydrogen-bond acceptors (Lipinski definition) is 4. The lowest BCUT2D eigenvalue weighted by atomic mass is 9.98. The Morgan fingerprint density at radius 3 is 2.18 bits per heavy atom. The van der Waals surface area contributed by atoms with Crippen LogP contribution in [0.3, 0.4) is 0 Å². The number of carbonyl (C=O) groups excluding carboxylic acids is 2. The number of benzene rings is 3. The Morgan fingerprint density at radius 1 is 0.939 bits per heavy atom. The quantitative estimate of drug-likeness (QED) is 0.496. The summed E-state index contributed by atoms with van der Waals surface area (Å²) in [6.07, 6.45) is -0.518. The molecule has 1 aliphatic rings. The lowest BCUT2D eigenvalue weighted by Gasteiger charge is -2.14. The molecule has 7 nitrogen and oxygen atoms in total. The van der Waals surface area contributed by atoms with Gasteiger partial charge >= 0.3 is 12.1 Å². The summed E-state index contributed by atoms with van der Waals surface area (Å²) in [4.78, 5) is 35.4. The van der Waals surface area contributed by atoms with Gasteiger partial charge in [-0.25, -0.2) is 9.59 Å². The van der Waals surface area contributed by atoms with Gasteiger partial charge in [0.25, 0.3) is 0 Å². The zero-order chi connectivity index (χ0) is 23.4. The molecule has 0 heterocycles. The lowest BCUT2D eigenvalue weighted by molar-refractivity contribution is -0.116. The van der Waals surface area contributed by atoms with Gasteiger partial charge in [0.1, 0.15) is 6.61 Å². The number of carboxylic acid groups (broad SMARTS) is 1. The molecule has 3 N–H and O–H groups in total. The second-order valence-corrected chi connectivity index (χ2v) is 7.89. The van der Waals surface area contributed by atoms with Crippen molar-refractivity contribution in [3.05, 3.63) is 89.0 Å². The van der Waals surface area contributed by atoms with Gasteiger partial charge in [-0.1, -0.05) is 48.5 Å². The van der Waals surface area contributed by atoms with Crippen LogP contribution < -0.4 is 10.6 Å². The topological polar surface area (TPSA) is 105 Å². The number of aromatic carboxylic acids is 1. The predicted octanol–water partition coefficient (Wildman–Crippen LogP) is 4.56. The summed E-state index contributed by atoms with van der Waals surface area (Å²) in [7, 11) is 0. The highest BCUT2D eigenvalue weighted by molar-refractivity contribution is 5.93. The molecule has 0 aromatic heterocycles. The van der Waals surface area contributed by atoms with Gasteiger partial charge in [0.2, 0.25) is 5.91 Å². The molecule has 0 saturated heterocycles. The fourth-order valence-electron chi connectivity index (χ4n) is 4.13. The molecule has 4 rings (SSSR count). The normalized spacial score (nSPS) is 11.9. The van der Waals surface area contributed by atoms with Crippen LogP contribution in [0.4, 0.5) is 10.5 Å². The van der Waals surface area contributed by atoms with Crippen LogP contribution in [0, 0.1) is 6.92 Å². The maximum atomic E-state index is 12.2. The predicted molar refractivity (Wildman–Crippen MR) is 124 cm³/mol. The van der Waals surface area contributed by atoms with E-state index in [1.54, 1.807) is 13.0 Å². The van der Waals surface area contributed by atoms with Gasteiger partial charge in [0, 0.05) is 24.6 Å². The van der Waals surface area contributed by atoms with E-state index in [2.05, 4.69) is 34.9 Å². The molecule has 168 valence electrons. The average Bonchev–Trinajstić information content (AvgIpc) is 3.11. The highest BCUT2D eigenvalue weighted by Gasteiger charge is 2.28. The highest BCUT2D eigenvalue weighted by atomic mass is 16.5. The Kier molecular flexibility index (Phi) is 6.40. The van der Waals surface area contributed by atoms with Crippen molar-refractivity contribution in [2.75, 3.05) is 18.5 Å². The van der Waals surface area contributed by atoms with Crippen molar-refractivity contribution in [1.29, 1.82) is 0 Å². The van der Waals surface area contributed by atoms with Crippen molar-refractivity contribution < 1.29 is 24.2 Å². The van der Waals surface area contributed by atoms with Gasteiger partial charge in [0.15, 0.2) is 0 Å². The average molecular weight is 444 g/mol. The number of alkyl carbamates (subject to hydrolysis) is 1. The van der Waals surface area contributed by atoms with Crippen LogP contribution >= 0.6 is 0 Å². The largest absolute Gasteiger partial charge is 0.478 e. The van der Waals surface area contributed by atoms with Gasteiger partial charge in [0.05, 0.1) is 5.56 Å². The number of hydrogen-bond donors (Lipinski definition) is 3.